The van der Waals surface area contributed by atoms with Crippen molar-refractivity contribution in [1.82, 2.24) is 10.6 Å². The number of hydrogen-bond donors (Lipinski definition) is 2. The lowest BCUT2D eigenvalue weighted by Crippen LogP contribution is -2.37. The van der Waals surface area contributed by atoms with E-state index in [4.69, 9.17) is 0 Å². The monoisotopic (exact) mass is 366 g/mol. The van der Waals surface area contributed by atoms with Crippen LogP contribution in [0.25, 0.3) is 0 Å². The van der Waals surface area contributed by atoms with Crippen molar-refractivity contribution in [2.24, 2.45) is 0 Å². The van der Waals surface area contributed by atoms with Crippen LogP contribution in [0.15, 0.2) is 36.4 Å². The van der Waals surface area contributed by atoms with Gasteiger partial charge < -0.3 is 10.6 Å². The number of hydrogen-bond acceptors (Lipinski definition) is 1. The normalized spacial score (nSPS) is 11.3. The zero-order valence-electron chi connectivity index (χ0n) is 17.7. The van der Waals surface area contributed by atoms with E-state index in [0.29, 0.717) is 13.1 Å². The summed E-state index contributed by atoms with van der Waals surface area (Å²) in [5, 5.41) is 5.93. The minimum absolute atomic E-state index is 0.0924. The Morgan fingerprint density at radius 2 is 1.41 bits per heavy atom. The van der Waals surface area contributed by atoms with E-state index >= 15 is 0 Å². The van der Waals surface area contributed by atoms with Gasteiger partial charge in [-0.2, -0.15) is 0 Å². The van der Waals surface area contributed by atoms with E-state index in [-0.39, 0.29) is 11.4 Å². The molecule has 0 aliphatic rings. The van der Waals surface area contributed by atoms with Gasteiger partial charge in [-0.25, -0.2) is 4.79 Å². The van der Waals surface area contributed by atoms with E-state index in [9.17, 15) is 4.79 Å². The predicted octanol–water partition coefficient (Wildman–Crippen LogP) is 4.99. The lowest BCUT2D eigenvalue weighted by Gasteiger charge is -2.22. The van der Waals surface area contributed by atoms with Crippen LogP contribution in [-0.2, 0) is 18.3 Å². The van der Waals surface area contributed by atoms with Crippen LogP contribution in [0.3, 0.4) is 0 Å². The van der Waals surface area contributed by atoms with Gasteiger partial charge in [-0.1, -0.05) is 57.2 Å². The molecule has 0 bridgehead atoms. The fraction of sp³-hybridized carbons (Fsp3) is 0.458. The van der Waals surface area contributed by atoms with Gasteiger partial charge in [0.05, 0.1) is 0 Å². The van der Waals surface area contributed by atoms with E-state index in [1.54, 1.807) is 0 Å². The molecule has 27 heavy (non-hydrogen) atoms. The molecule has 0 saturated carbocycles. The molecule has 2 aromatic rings. The topological polar surface area (TPSA) is 41.1 Å². The summed E-state index contributed by atoms with van der Waals surface area (Å²) in [7, 11) is 0. The van der Waals surface area contributed by atoms with Crippen LogP contribution >= 0.6 is 0 Å². The maximum atomic E-state index is 12.0. The number of benzene rings is 2. The molecule has 146 valence electrons. The fourth-order valence-electron chi connectivity index (χ4n) is 3.39. The van der Waals surface area contributed by atoms with Gasteiger partial charge >= 0.3 is 6.03 Å². The Balaban J connectivity index is 1.80. The van der Waals surface area contributed by atoms with Crippen LogP contribution in [0.5, 0.6) is 0 Å². The van der Waals surface area contributed by atoms with Crippen molar-refractivity contribution in [2.45, 2.75) is 59.8 Å². The van der Waals surface area contributed by atoms with E-state index in [1.165, 1.54) is 33.4 Å². The van der Waals surface area contributed by atoms with Crippen LogP contribution in [0.1, 0.15) is 54.2 Å². The van der Waals surface area contributed by atoms with Crippen LogP contribution < -0.4 is 10.6 Å². The highest BCUT2D eigenvalue weighted by molar-refractivity contribution is 5.73. The summed E-state index contributed by atoms with van der Waals surface area (Å²) in [6.45, 7) is 14.4. The van der Waals surface area contributed by atoms with Gasteiger partial charge in [0.1, 0.15) is 0 Å². The summed E-state index contributed by atoms with van der Waals surface area (Å²) < 4.78 is 0. The van der Waals surface area contributed by atoms with Gasteiger partial charge in [-0.05, 0) is 72.4 Å². The van der Waals surface area contributed by atoms with Crippen molar-refractivity contribution >= 4 is 6.03 Å². The molecule has 0 fully saturated rings. The third kappa shape index (κ3) is 6.13. The summed E-state index contributed by atoms with van der Waals surface area (Å²) in [5.41, 5.74) is 8.02. The first-order valence-electron chi connectivity index (χ1n) is 9.85. The largest absolute Gasteiger partial charge is 0.338 e. The number of carbonyl (C=O) groups excluding carboxylic acids is 1. The summed E-state index contributed by atoms with van der Waals surface area (Å²) in [5.74, 6) is 0. The van der Waals surface area contributed by atoms with Crippen molar-refractivity contribution in [3.05, 3.63) is 69.8 Å². The summed E-state index contributed by atoms with van der Waals surface area (Å²) in [6, 6.07) is 12.8. The Morgan fingerprint density at radius 1 is 0.852 bits per heavy atom. The average Bonchev–Trinajstić information content (AvgIpc) is 2.58. The summed E-state index contributed by atoms with van der Waals surface area (Å²) in [6.07, 6.45) is 1.71. The van der Waals surface area contributed by atoms with Gasteiger partial charge in [-0.15, -0.1) is 0 Å². The molecule has 3 nitrogen and oxygen atoms in total. The lowest BCUT2D eigenvalue weighted by molar-refractivity contribution is 0.241. The molecule has 0 radical (unpaired) electrons. The molecule has 0 spiro atoms. The van der Waals surface area contributed by atoms with Gasteiger partial charge in [0.15, 0.2) is 0 Å². The molecule has 2 rings (SSSR count). The molecule has 2 amide bonds. The highest BCUT2D eigenvalue weighted by Gasteiger charge is 2.16. The number of rotatable bonds is 6. The molecule has 3 heteroatoms. The molecule has 0 aliphatic carbocycles. The first-order chi connectivity index (χ1) is 12.7. The van der Waals surface area contributed by atoms with Gasteiger partial charge in [0, 0.05) is 13.1 Å². The van der Waals surface area contributed by atoms with Crippen molar-refractivity contribution in [2.75, 3.05) is 13.1 Å². The van der Waals surface area contributed by atoms with Crippen molar-refractivity contribution in [3.8, 4) is 0 Å². The van der Waals surface area contributed by atoms with Gasteiger partial charge in [0.25, 0.3) is 0 Å². The Labute approximate surface area is 164 Å². The maximum Gasteiger partial charge on any atom is 0.314 e. The zero-order valence-corrected chi connectivity index (χ0v) is 17.7. The highest BCUT2D eigenvalue weighted by Crippen LogP contribution is 2.27. The molecule has 0 heterocycles. The van der Waals surface area contributed by atoms with E-state index < -0.39 is 0 Å². The minimum atomic E-state index is -0.0924. The maximum absolute atomic E-state index is 12.0. The summed E-state index contributed by atoms with van der Waals surface area (Å²) >= 11 is 0. The third-order valence-corrected chi connectivity index (χ3v) is 5.16. The second-order valence-electron chi connectivity index (χ2n) is 8.45. The summed E-state index contributed by atoms with van der Waals surface area (Å²) in [4.78, 5) is 12.0. The van der Waals surface area contributed by atoms with Gasteiger partial charge in [-0.3, -0.25) is 0 Å². The molecule has 0 saturated heterocycles. The Bertz CT molecular complexity index is 764. The molecule has 0 atom stereocenters. The molecule has 2 aromatic carbocycles. The number of nitrogens with one attached hydrogen (secondary N) is 2. The average molecular weight is 367 g/mol. The van der Waals surface area contributed by atoms with Gasteiger partial charge in [0.2, 0.25) is 0 Å². The van der Waals surface area contributed by atoms with E-state index in [2.05, 4.69) is 76.4 Å². The van der Waals surface area contributed by atoms with Crippen LogP contribution in [0.2, 0.25) is 0 Å². The molecule has 0 aromatic heterocycles. The molecule has 2 N–H and O–H groups in total. The van der Waals surface area contributed by atoms with Crippen LogP contribution in [-0.4, -0.2) is 19.1 Å². The second-order valence-corrected chi connectivity index (χ2v) is 8.45. The standard InChI is InChI=1S/C24H34N2O/c1-17-9-7-8-10-20(17)11-13-25-23(27)26-14-12-22-18(2)15-21(16-19(22)3)24(4,5)6/h7-10,15-16H,11-14H2,1-6H3,(H2,25,26,27). The van der Waals surface area contributed by atoms with E-state index in [1.807, 2.05) is 12.1 Å². The first kappa shape index (κ1) is 21.0. The number of urea groups is 1. The fourth-order valence-corrected chi connectivity index (χ4v) is 3.39. The number of carbonyl (C=O) groups is 1. The van der Waals surface area contributed by atoms with Crippen molar-refractivity contribution in [1.29, 1.82) is 0 Å². The molecule has 0 aliphatic heterocycles. The Hall–Kier alpha value is -2.29. The van der Waals surface area contributed by atoms with Crippen molar-refractivity contribution < 1.29 is 4.79 Å². The smallest absolute Gasteiger partial charge is 0.314 e. The Morgan fingerprint density at radius 3 is 1.96 bits per heavy atom. The molecular weight excluding hydrogens is 332 g/mol. The van der Waals surface area contributed by atoms with E-state index in [0.717, 1.165) is 12.8 Å². The number of amides is 2. The predicted molar refractivity (Wildman–Crippen MR) is 115 cm³/mol. The first-order valence-corrected chi connectivity index (χ1v) is 9.85. The highest BCUT2D eigenvalue weighted by atomic mass is 16.2. The van der Waals surface area contributed by atoms with Crippen LogP contribution in [0, 0.1) is 20.8 Å². The van der Waals surface area contributed by atoms with Crippen molar-refractivity contribution in [3.63, 3.8) is 0 Å². The third-order valence-electron chi connectivity index (χ3n) is 5.16. The minimum Gasteiger partial charge on any atom is -0.338 e. The Kier molecular flexibility index (Phi) is 7.06. The molecular formula is C24H34N2O. The lowest BCUT2D eigenvalue weighted by atomic mass is 9.83. The molecule has 0 unspecified atom stereocenters. The quantitative estimate of drug-likeness (QED) is 0.742. The SMILES string of the molecule is Cc1ccccc1CCNC(=O)NCCc1c(C)cc(C(C)(C)C)cc1C. The zero-order chi connectivity index (χ0) is 20.0. The van der Waals surface area contributed by atoms with Crippen LogP contribution in [0.4, 0.5) is 4.79 Å². The number of aryl methyl sites for hydroxylation is 3. The second kappa shape index (κ2) is 9.07.